The Morgan fingerprint density at radius 2 is 1.80 bits per heavy atom. The number of anilines is 1. The van der Waals surface area contributed by atoms with Crippen LogP contribution >= 0.6 is 0 Å². The maximum absolute atomic E-state index is 12.0. The fourth-order valence-electron chi connectivity index (χ4n) is 3.24. The zero-order valence-electron chi connectivity index (χ0n) is 13.1. The highest BCUT2D eigenvalue weighted by atomic mass is 16.1. The summed E-state index contributed by atoms with van der Waals surface area (Å²) in [6.07, 6.45) is 3.85. The Bertz CT molecular complexity index is 433. The number of rotatable bonds is 5. The number of carbonyl (C=O) groups is 1. The van der Waals surface area contributed by atoms with Gasteiger partial charge >= 0.3 is 0 Å². The molecule has 0 saturated heterocycles. The average Bonchev–Trinajstić information content (AvgIpc) is 2.46. The van der Waals surface area contributed by atoms with Gasteiger partial charge in [0.2, 0.25) is 0 Å². The van der Waals surface area contributed by atoms with Crippen molar-refractivity contribution in [2.45, 2.75) is 46.5 Å². The minimum absolute atomic E-state index is 0.248. The van der Waals surface area contributed by atoms with Crippen LogP contribution < -0.4 is 4.90 Å². The van der Waals surface area contributed by atoms with E-state index in [0.717, 1.165) is 38.8 Å². The number of hydrogen-bond acceptors (Lipinski definition) is 2. The van der Waals surface area contributed by atoms with Gasteiger partial charge in [0.25, 0.3) is 0 Å². The van der Waals surface area contributed by atoms with Gasteiger partial charge in [0, 0.05) is 31.1 Å². The molecule has 1 saturated carbocycles. The van der Waals surface area contributed by atoms with E-state index in [4.69, 9.17) is 0 Å². The largest absolute Gasteiger partial charge is 0.372 e. The maximum atomic E-state index is 12.0. The number of benzene rings is 1. The number of ketones is 1. The van der Waals surface area contributed by atoms with Gasteiger partial charge in [-0.2, -0.15) is 0 Å². The van der Waals surface area contributed by atoms with Crippen LogP contribution in [0.1, 0.15) is 45.6 Å². The molecule has 0 N–H and O–H groups in total. The molecule has 2 nitrogen and oxygen atoms in total. The third kappa shape index (κ3) is 3.62. The van der Waals surface area contributed by atoms with Crippen molar-refractivity contribution in [3.63, 3.8) is 0 Å². The van der Waals surface area contributed by atoms with Crippen LogP contribution in [-0.2, 0) is 11.2 Å². The molecule has 2 heteroatoms. The zero-order chi connectivity index (χ0) is 14.5. The van der Waals surface area contributed by atoms with Gasteiger partial charge in [0.15, 0.2) is 0 Å². The van der Waals surface area contributed by atoms with Crippen molar-refractivity contribution in [1.29, 1.82) is 0 Å². The van der Waals surface area contributed by atoms with Gasteiger partial charge in [0.1, 0.15) is 5.78 Å². The van der Waals surface area contributed by atoms with Crippen molar-refractivity contribution in [1.82, 2.24) is 0 Å². The van der Waals surface area contributed by atoms with Crippen molar-refractivity contribution in [3.8, 4) is 0 Å². The molecule has 1 fully saturated rings. The van der Waals surface area contributed by atoms with Crippen LogP contribution in [0, 0.1) is 11.8 Å². The molecule has 2 atom stereocenters. The van der Waals surface area contributed by atoms with E-state index in [1.165, 1.54) is 11.3 Å². The van der Waals surface area contributed by atoms with Gasteiger partial charge in [-0.15, -0.1) is 0 Å². The summed E-state index contributed by atoms with van der Waals surface area (Å²) in [5, 5.41) is 0. The second-order valence-corrected chi connectivity index (χ2v) is 6.09. The summed E-state index contributed by atoms with van der Waals surface area (Å²) in [7, 11) is 0. The summed E-state index contributed by atoms with van der Waals surface area (Å²) in [5.41, 5.74) is 2.58. The summed E-state index contributed by atoms with van der Waals surface area (Å²) in [6, 6.07) is 8.78. The van der Waals surface area contributed by atoms with Gasteiger partial charge in [-0.05, 0) is 56.7 Å². The Hall–Kier alpha value is -1.31. The Balaban J connectivity index is 2.01. The molecule has 0 amide bonds. The summed E-state index contributed by atoms with van der Waals surface area (Å²) in [4.78, 5) is 14.3. The predicted molar refractivity (Wildman–Crippen MR) is 85.2 cm³/mol. The summed E-state index contributed by atoms with van der Waals surface area (Å²) >= 11 is 0. The van der Waals surface area contributed by atoms with E-state index in [1.807, 2.05) is 0 Å². The van der Waals surface area contributed by atoms with Crippen molar-refractivity contribution in [2.24, 2.45) is 11.8 Å². The van der Waals surface area contributed by atoms with Crippen LogP contribution in [0.25, 0.3) is 0 Å². The molecular weight excluding hydrogens is 246 g/mol. The molecule has 0 bridgehead atoms. The van der Waals surface area contributed by atoms with Crippen LogP contribution in [0.15, 0.2) is 24.3 Å². The van der Waals surface area contributed by atoms with E-state index in [2.05, 4.69) is 49.9 Å². The predicted octanol–water partition coefficient (Wildman–Crippen LogP) is 4.08. The molecule has 0 aliphatic heterocycles. The van der Waals surface area contributed by atoms with E-state index in [1.54, 1.807) is 0 Å². The Kier molecular flexibility index (Phi) is 5.22. The Labute approximate surface area is 123 Å². The summed E-state index contributed by atoms with van der Waals surface area (Å²) in [5.74, 6) is 1.42. The molecule has 0 radical (unpaired) electrons. The van der Waals surface area contributed by atoms with Crippen molar-refractivity contribution in [3.05, 3.63) is 29.8 Å². The van der Waals surface area contributed by atoms with Gasteiger partial charge < -0.3 is 4.90 Å². The van der Waals surface area contributed by atoms with Crippen LogP contribution in [-0.4, -0.2) is 18.9 Å². The SMILES string of the molecule is CCN(CC)c1ccc(CC2CC(C)CCC2=O)cc1. The Morgan fingerprint density at radius 3 is 2.40 bits per heavy atom. The zero-order valence-corrected chi connectivity index (χ0v) is 13.1. The third-order valence-electron chi connectivity index (χ3n) is 4.57. The fourth-order valence-corrected chi connectivity index (χ4v) is 3.24. The lowest BCUT2D eigenvalue weighted by molar-refractivity contribution is -0.125. The minimum Gasteiger partial charge on any atom is -0.372 e. The van der Waals surface area contributed by atoms with Gasteiger partial charge in [-0.25, -0.2) is 0 Å². The number of hydrogen-bond donors (Lipinski definition) is 0. The fraction of sp³-hybridized carbons (Fsp3) is 0.611. The Morgan fingerprint density at radius 1 is 1.15 bits per heavy atom. The lowest BCUT2D eigenvalue weighted by Gasteiger charge is -2.26. The van der Waals surface area contributed by atoms with E-state index < -0.39 is 0 Å². The molecule has 2 unspecified atom stereocenters. The first-order valence-electron chi connectivity index (χ1n) is 8.00. The standard InChI is InChI=1S/C18H27NO/c1-4-19(5-2)17-9-7-15(8-10-17)13-16-12-14(3)6-11-18(16)20/h7-10,14,16H,4-6,11-13H2,1-3H3. The third-order valence-corrected chi connectivity index (χ3v) is 4.57. The molecule has 1 aliphatic rings. The minimum atomic E-state index is 0.248. The number of nitrogens with zero attached hydrogens (tertiary/aromatic N) is 1. The first-order valence-corrected chi connectivity index (χ1v) is 8.00. The molecule has 20 heavy (non-hydrogen) atoms. The normalized spacial score (nSPS) is 22.9. The van der Waals surface area contributed by atoms with Gasteiger partial charge in [-0.1, -0.05) is 19.1 Å². The molecule has 2 rings (SSSR count). The topological polar surface area (TPSA) is 20.3 Å². The van der Waals surface area contributed by atoms with Crippen molar-refractivity contribution < 1.29 is 4.79 Å². The van der Waals surface area contributed by atoms with E-state index in [0.29, 0.717) is 11.7 Å². The number of carbonyl (C=O) groups excluding carboxylic acids is 1. The molecule has 1 aliphatic carbocycles. The van der Waals surface area contributed by atoms with Crippen LogP contribution in [0.2, 0.25) is 0 Å². The first kappa shape index (κ1) is 15.1. The highest BCUT2D eigenvalue weighted by molar-refractivity contribution is 5.82. The molecule has 0 heterocycles. The van der Waals surface area contributed by atoms with Crippen LogP contribution in [0.3, 0.4) is 0 Å². The van der Waals surface area contributed by atoms with E-state index >= 15 is 0 Å². The number of Topliss-reactive ketones (excluding diaryl/α,β-unsaturated/α-hetero) is 1. The maximum Gasteiger partial charge on any atom is 0.136 e. The quantitative estimate of drug-likeness (QED) is 0.805. The highest BCUT2D eigenvalue weighted by Crippen LogP contribution is 2.29. The second-order valence-electron chi connectivity index (χ2n) is 6.09. The highest BCUT2D eigenvalue weighted by Gasteiger charge is 2.26. The van der Waals surface area contributed by atoms with Gasteiger partial charge in [0.05, 0.1) is 0 Å². The van der Waals surface area contributed by atoms with Crippen LogP contribution in [0.5, 0.6) is 0 Å². The molecule has 0 aromatic heterocycles. The lowest BCUT2D eigenvalue weighted by atomic mass is 9.78. The van der Waals surface area contributed by atoms with Crippen LogP contribution in [0.4, 0.5) is 5.69 Å². The monoisotopic (exact) mass is 273 g/mol. The van der Waals surface area contributed by atoms with Crippen molar-refractivity contribution >= 4 is 11.5 Å². The molecule has 1 aromatic rings. The first-order chi connectivity index (χ1) is 9.63. The second kappa shape index (κ2) is 6.92. The lowest BCUT2D eigenvalue weighted by Crippen LogP contribution is -2.25. The van der Waals surface area contributed by atoms with E-state index in [9.17, 15) is 4.79 Å². The summed E-state index contributed by atoms with van der Waals surface area (Å²) < 4.78 is 0. The average molecular weight is 273 g/mol. The summed E-state index contributed by atoms with van der Waals surface area (Å²) in [6.45, 7) is 8.70. The smallest absolute Gasteiger partial charge is 0.136 e. The molecule has 0 spiro atoms. The molecule has 110 valence electrons. The van der Waals surface area contributed by atoms with E-state index in [-0.39, 0.29) is 5.92 Å². The molecular formula is C18H27NO. The van der Waals surface area contributed by atoms with Crippen molar-refractivity contribution in [2.75, 3.05) is 18.0 Å². The molecule has 1 aromatic carbocycles. The van der Waals surface area contributed by atoms with Gasteiger partial charge in [-0.3, -0.25) is 4.79 Å².